The molecule has 1 aliphatic carbocycles. The maximum atomic E-state index is 12.6. The van der Waals surface area contributed by atoms with E-state index in [0.29, 0.717) is 49.1 Å². The molecule has 1 saturated carbocycles. The molecule has 31 heavy (non-hydrogen) atoms. The van der Waals surface area contributed by atoms with Gasteiger partial charge in [-0.05, 0) is 57.8 Å². The normalized spacial score (nSPS) is 21.3. The van der Waals surface area contributed by atoms with E-state index < -0.39 is 0 Å². The number of carbonyl (C=O) groups excluding carboxylic acids is 3. The summed E-state index contributed by atoms with van der Waals surface area (Å²) >= 11 is 2.39. The van der Waals surface area contributed by atoms with Crippen molar-refractivity contribution in [2.75, 3.05) is 4.43 Å². The van der Waals surface area contributed by atoms with Crippen LogP contribution in [0.3, 0.4) is 0 Å². The number of hydrogen-bond acceptors (Lipinski definition) is 4. The maximum Gasteiger partial charge on any atom is 0.306 e. The second-order valence-corrected chi connectivity index (χ2v) is 10.1. The van der Waals surface area contributed by atoms with Crippen LogP contribution in [0.4, 0.5) is 0 Å². The fourth-order valence-corrected chi connectivity index (χ4v) is 5.43. The first-order valence-corrected chi connectivity index (χ1v) is 13.9. The van der Waals surface area contributed by atoms with Crippen molar-refractivity contribution in [3.63, 3.8) is 0 Å². The van der Waals surface area contributed by atoms with Crippen molar-refractivity contribution in [1.29, 1.82) is 0 Å². The minimum atomic E-state index is -0.144. The summed E-state index contributed by atoms with van der Waals surface area (Å²) in [5, 5.41) is 0. The standard InChI is InChI=1S/C26H43IO4/c1-4-5-6-7-10-13-22(28)16-17-23-21(19-27)18-25(29)24(23)14-11-8-9-12-15-26(30)31-20(2)3/h8,11,20-21,23-24H,4-7,9-10,12-19H2,1-3H3/t21-,23-,24?/m0/s1. The largest absolute Gasteiger partial charge is 0.463 e. The second kappa shape index (κ2) is 16.8. The van der Waals surface area contributed by atoms with Gasteiger partial charge in [0, 0.05) is 36.0 Å². The highest BCUT2D eigenvalue weighted by molar-refractivity contribution is 14.1. The Labute approximate surface area is 203 Å². The molecule has 1 aliphatic rings. The van der Waals surface area contributed by atoms with Crippen molar-refractivity contribution in [1.82, 2.24) is 0 Å². The van der Waals surface area contributed by atoms with E-state index in [4.69, 9.17) is 4.74 Å². The van der Waals surface area contributed by atoms with E-state index in [1.54, 1.807) is 0 Å². The molecule has 0 aromatic heterocycles. The number of ketones is 2. The number of allylic oxidation sites excluding steroid dienone is 2. The third kappa shape index (κ3) is 12.2. The van der Waals surface area contributed by atoms with E-state index in [-0.39, 0.29) is 18.0 Å². The molecule has 0 N–H and O–H groups in total. The molecule has 0 spiro atoms. The smallest absolute Gasteiger partial charge is 0.306 e. The Morgan fingerprint density at radius 3 is 2.48 bits per heavy atom. The molecule has 0 aliphatic heterocycles. The minimum absolute atomic E-state index is 0.0549. The van der Waals surface area contributed by atoms with Crippen LogP contribution in [0.2, 0.25) is 0 Å². The van der Waals surface area contributed by atoms with Crippen LogP contribution in [0.1, 0.15) is 104 Å². The third-order valence-corrected chi connectivity index (χ3v) is 7.32. The number of Topliss-reactive ketones (excluding diaryl/α,β-unsaturated/α-hetero) is 2. The quantitative estimate of drug-likeness (QED) is 0.0647. The van der Waals surface area contributed by atoms with E-state index in [2.05, 4.69) is 41.7 Å². The van der Waals surface area contributed by atoms with Gasteiger partial charge in [0.2, 0.25) is 0 Å². The number of carbonyl (C=O) groups is 3. The van der Waals surface area contributed by atoms with Crippen LogP contribution in [-0.4, -0.2) is 28.1 Å². The van der Waals surface area contributed by atoms with Gasteiger partial charge in [0.1, 0.15) is 11.6 Å². The SMILES string of the molecule is CCCCCCCC(=O)CC[C@@H]1C(CC=CCCCC(=O)OC(C)C)C(=O)C[C@H]1CI. The Bertz CT molecular complexity index is 570. The second-order valence-electron chi connectivity index (χ2n) is 9.23. The summed E-state index contributed by atoms with van der Waals surface area (Å²) in [6.45, 7) is 5.92. The molecule has 0 amide bonds. The van der Waals surface area contributed by atoms with E-state index in [0.717, 1.165) is 43.0 Å². The average Bonchev–Trinajstić information content (AvgIpc) is 3.02. The molecule has 0 aromatic rings. The van der Waals surface area contributed by atoms with E-state index in [9.17, 15) is 14.4 Å². The highest BCUT2D eigenvalue weighted by atomic mass is 127. The molecule has 1 fully saturated rings. The van der Waals surface area contributed by atoms with Crippen molar-refractivity contribution in [3.8, 4) is 0 Å². The van der Waals surface area contributed by atoms with Gasteiger partial charge in [-0.15, -0.1) is 0 Å². The molecular formula is C26H43IO4. The van der Waals surface area contributed by atoms with Crippen molar-refractivity contribution < 1.29 is 19.1 Å². The Morgan fingerprint density at radius 2 is 1.81 bits per heavy atom. The summed E-state index contributed by atoms with van der Waals surface area (Å²) in [6, 6.07) is 0. The number of hydrogen-bond donors (Lipinski definition) is 0. The molecule has 0 saturated heterocycles. The maximum absolute atomic E-state index is 12.6. The van der Waals surface area contributed by atoms with Crippen LogP contribution in [0, 0.1) is 17.8 Å². The fraction of sp³-hybridized carbons (Fsp3) is 0.808. The van der Waals surface area contributed by atoms with E-state index >= 15 is 0 Å². The predicted molar refractivity (Wildman–Crippen MR) is 135 cm³/mol. The lowest BCUT2D eigenvalue weighted by molar-refractivity contribution is -0.147. The molecule has 0 bridgehead atoms. The number of rotatable bonds is 17. The lowest BCUT2D eigenvalue weighted by Crippen LogP contribution is -2.19. The van der Waals surface area contributed by atoms with Gasteiger partial charge >= 0.3 is 5.97 Å². The van der Waals surface area contributed by atoms with Gasteiger partial charge in [0.25, 0.3) is 0 Å². The highest BCUT2D eigenvalue weighted by Crippen LogP contribution is 2.40. The summed E-state index contributed by atoms with van der Waals surface area (Å²) in [6.07, 6.45) is 15.6. The highest BCUT2D eigenvalue weighted by Gasteiger charge is 2.40. The molecule has 3 atom stereocenters. The molecule has 1 unspecified atom stereocenters. The Hall–Kier alpha value is -0.720. The molecular weight excluding hydrogens is 503 g/mol. The van der Waals surface area contributed by atoms with Gasteiger partial charge in [-0.25, -0.2) is 0 Å². The van der Waals surface area contributed by atoms with Crippen LogP contribution >= 0.6 is 22.6 Å². The van der Waals surface area contributed by atoms with Crippen LogP contribution in [0.15, 0.2) is 12.2 Å². The van der Waals surface area contributed by atoms with Crippen molar-refractivity contribution in [3.05, 3.63) is 12.2 Å². The molecule has 4 nitrogen and oxygen atoms in total. The molecule has 1 rings (SSSR count). The van der Waals surface area contributed by atoms with Crippen molar-refractivity contribution in [2.24, 2.45) is 17.8 Å². The summed E-state index contributed by atoms with van der Waals surface area (Å²) in [5.41, 5.74) is 0. The summed E-state index contributed by atoms with van der Waals surface area (Å²) < 4.78 is 6.13. The Balaban J connectivity index is 2.39. The Morgan fingerprint density at radius 1 is 1.06 bits per heavy atom. The van der Waals surface area contributed by atoms with Crippen LogP contribution in [0.25, 0.3) is 0 Å². The molecule has 0 aromatic carbocycles. The van der Waals surface area contributed by atoms with Gasteiger partial charge in [0.15, 0.2) is 0 Å². The number of halogens is 1. The summed E-state index contributed by atoms with van der Waals surface area (Å²) in [4.78, 5) is 36.5. The topological polar surface area (TPSA) is 60.4 Å². The third-order valence-electron chi connectivity index (χ3n) is 6.19. The zero-order chi connectivity index (χ0) is 23.1. The summed E-state index contributed by atoms with van der Waals surface area (Å²) in [7, 11) is 0. The Kier molecular flexibility index (Phi) is 15.4. The molecule has 178 valence electrons. The van der Waals surface area contributed by atoms with Gasteiger partial charge in [-0.2, -0.15) is 0 Å². The van der Waals surface area contributed by atoms with Gasteiger partial charge in [-0.3, -0.25) is 14.4 Å². The minimum Gasteiger partial charge on any atom is -0.463 e. The van der Waals surface area contributed by atoms with Crippen LogP contribution in [-0.2, 0) is 19.1 Å². The summed E-state index contributed by atoms with van der Waals surface area (Å²) in [5.74, 6) is 1.39. The lowest BCUT2D eigenvalue weighted by Gasteiger charge is -2.21. The van der Waals surface area contributed by atoms with E-state index in [1.165, 1.54) is 19.3 Å². The number of unbranched alkanes of at least 4 members (excludes halogenated alkanes) is 5. The van der Waals surface area contributed by atoms with Crippen LogP contribution in [0.5, 0.6) is 0 Å². The zero-order valence-electron chi connectivity index (χ0n) is 19.9. The molecule has 0 heterocycles. The monoisotopic (exact) mass is 546 g/mol. The van der Waals surface area contributed by atoms with Crippen molar-refractivity contribution >= 4 is 40.1 Å². The number of alkyl halides is 1. The van der Waals surface area contributed by atoms with E-state index in [1.807, 2.05) is 13.8 Å². The van der Waals surface area contributed by atoms with Gasteiger partial charge < -0.3 is 4.74 Å². The first-order chi connectivity index (χ1) is 14.9. The van der Waals surface area contributed by atoms with Crippen LogP contribution < -0.4 is 0 Å². The first kappa shape index (κ1) is 28.3. The van der Waals surface area contributed by atoms with Gasteiger partial charge in [-0.1, -0.05) is 67.3 Å². The first-order valence-electron chi connectivity index (χ1n) is 12.3. The fourth-order valence-electron chi connectivity index (χ4n) is 4.47. The molecule has 0 radical (unpaired) electrons. The lowest BCUT2D eigenvalue weighted by atomic mass is 9.83. The average molecular weight is 547 g/mol. The molecule has 5 heteroatoms. The number of esters is 1. The zero-order valence-corrected chi connectivity index (χ0v) is 22.0. The number of ether oxygens (including phenoxy) is 1. The van der Waals surface area contributed by atoms with Crippen molar-refractivity contribution in [2.45, 2.75) is 110 Å². The predicted octanol–water partition coefficient (Wildman–Crippen LogP) is 7.02. The van der Waals surface area contributed by atoms with Gasteiger partial charge in [0.05, 0.1) is 6.10 Å².